The van der Waals surface area contributed by atoms with E-state index >= 15 is 0 Å². The molecular formula is C4H5NO4S. The summed E-state index contributed by atoms with van der Waals surface area (Å²) in [4.78, 5) is 10.6. The first-order valence-corrected chi connectivity index (χ1v) is 3.76. The van der Waals surface area contributed by atoms with E-state index < -0.39 is 16.2 Å². The summed E-state index contributed by atoms with van der Waals surface area (Å²) in [6.45, 7) is 1.32. The fraction of sp³-hybridized carbons (Fsp3) is 0.250. The average molecular weight is 164 g/mol. The van der Waals surface area contributed by atoms with Crippen LogP contribution in [0.4, 0.5) is 0 Å². The largest absolute Gasteiger partial charge is 0.409 e. The van der Waals surface area contributed by atoms with Crippen LogP contribution in [0.3, 0.4) is 0 Å². The van der Waals surface area contributed by atoms with Crippen LogP contribution in [0.2, 0.25) is 1.41 Å². The van der Waals surface area contributed by atoms with Gasteiger partial charge in [0.2, 0.25) is 0 Å². The van der Waals surface area contributed by atoms with Gasteiger partial charge < -0.3 is 4.18 Å². The van der Waals surface area contributed by atoms with E-state index in [0.717, 1.165) is 6.08 Å². The predicted molar refractivity (Wildman–Crippen MR) is 31.9 cm³/mol. The van der Waals surface area contributed by atoms with Crippen LogP contribution in [0.15, 0.2) is 11.8 Å². The second kappa shape index (κ2) is 1.98. The maximum Gasteiger partial charge on any atom is 0.409 e. The Morgan fingerprint density at radius 2 is 2.40 bits per heavy atom. The quantitative estimate of drug-likeness (QED) is 0.513. The molecule has 5 nitrogen and oxygen atoms in total. The minimum atomic E-state index is -4.18. The first-order chi connectivity index (χ1) is 4.93. The summed E-state index contributed by atoms with van der Waals surface area (Å²) < 4.78 is 32.0. The summed E-state index contributed by atoms with van der Waals surface area (Å²) in [7, 11) is -4.18. The van der Waals surface area contributed by atoms with Gasteiger partial charge in [-0.3, -0.25) is 4.79 Å². The zero-order valence-corrected chi connectivity index (χ0v) is 5.88. The standard InChI is InChI=1S/C4H5NO4S/c1-3-2-4(6)5-10(7,8)9-3/h2H,1H3,(H,5,6)/i/hD. The van der Waals surface area contributed by atoms with E-state index in [1.165, 1.54) is 6.92 Å². The number of amides is 1. The SMILES string of the molecule is [2H]N1C(=O)C=C(C)OS1(=O)=O. The Kier molecular flexibility index (Phi) is 1.13. The zero-order valence-electron chi connectivity index (χ0n) is 6.07. The number of hydrogen-bond donors (Lipinski definition) is 1. The smallest absolute Gasteiger partial charge is 0.371 e. The van der Waals surface area contributed by atoms with Crippen LogP contribution in [0.5, 0.6) is 0 Å². The van der Waals surface area contributed by atoms with Gasteiger partial charge in [0.15, 0.2) is 1.41 Å². The lowest BCUT2D eigenvalue weighted by atomic mass is 10.5. The van der Waals surface area contributed by atoms with Gasteiger partial charge in [-0.05, 0) is 6.92 Å². The second-order valence-electron chi connectivity index (χ2n) is 1.70. The molecule has 0 aromatic carbocycles. The molecule has 0 aromatic rings. The van der Waals surface area contributed by atoms with Crippen molar-refractivity contribution in [3.63, 3.8) is 0 Å². The highest BCUT2D eigenvalue weighted by molar-refractivity contribution is 7.85. The van der Waals surface area contributed by atoms with Crippen LogP contribution in [0, 0.1) is 0 Å². The van der Waals surface area contributed by atoms with E-state index in [2.05, 4.69) is 4.18 Å². The van der Waals surface area contributed by atoms with E-state index in [0.29, 0.717) is 0 Å². The van der Waals surface area contributed by atoms with Crippen molar-refractivity contribution in [1.82, 2.24) is 4.72 Å². The van der Waals surface area contributed by atoms with Gasteiger partial charge in [-0.25, -0.2) is 4.72 Å². The third-order valence-electron chi connectivity index (χ3n) is 0.765. The minimum absolute atomic E-state index is 0.0292. The van der Waals surface area contributed by atoms with Crippen molar-refractivity contribution in [3.05, 3.63) is 11.8 Å². The average Bonchev–Trinajstić information content (AvgIpc) is 1.81. The second-order valence-corrected chi connectivity index (χ2v) is 2.90. The number of carbonyl (C=O) groups is 1. The van der Waals surface area contributed by atoms with Crippen LogP contribution in [-0.4, -0.2) is 14.3 Å². The van der Waals surface area contributed by atoms with E-state index in [1.54, 1.807) is 0 Å². The molecule has 0 spiro atoms. The summed E-state index contributed by atoms with van der Waals surface area (Å²) >= 11 is 0. The van der Waals surface area contributed by atoms with Crippen LogP contribution in [0.25, 0.3) is 0 Å². The van der Waals surface area contributed by atoms with E-state index in [9.17, 15) is 13.2 Å². The lowest BCUT2D eigenvalue weighted by molar-refractivity contribution is -0.115. The number of hydrogen-bond acceptors (Lipinski definition) is 4. The molecule has 10 heavy (non-hydrogen) atoms. The molecule has 1 heterocycles. The van der Waals surface area contributed by atoms with E-state index in [-0.39, 0.29) is 10.5 Å². The monoisotopic (exact) mass is 164 g/mol. The first kappa shape index (κ1) is 5.72. The van der Waals surface area contributed by atoms with Gasteiger partial charge in [-0.15, -0.1) is 0 Å². The highest BCUT2D eigenvalue weighted by Crippen LogP contribution is 2.05. The summed E-state index contributed by atoms with van der Waals surface area (Å²) in [5.74, 6) is -0.952. The number of rotatable bonds is 0. The minimum Gasteiger partial charge on any atom is -0.371 e. The molecule has 0 atom stereocenters. The van der Waals surface area contributed by atoms with Gasteiger partial charge in [0, 0.05) is 6.08 Å². The Morgan fingerprint density at radius 3 is 2.90 bits per heavy atom. The van der Waals surface area contributed by atoms with Crippen molar-refractivity contribution >= 4 is 16.2 Å². The molecule has 56 valence electrons. The first-order valence-electron chi connectivity index (χ1n) is 2.84. The van der Waals surface area contributed by atoms with Gasteiger partial charge in [-0.1, -0.05) is 0 Å². The molecule has 0 saturated carbocycles. The maximum atomic E-state index is 10.7. The molecule has 0 fully saturated rings. The molecule has 0 saturated heterocycles. The highest BCUT2D eigenvalue weighted by Gasteiger charge is 2.20. The van der Waals surface area contributed by atoms with Gasteiger partial charge in [0.1, 0.15) is 5.76 Å². The van der Waals surface area contributed by atoms with Crippen LogP contribution in [0.1, 0.15) is 6.92 Å². The van der Waals surface area contributed by atoms with Crippen molar-refractivity contribution in [2.24, 2.45) is 0 Å². The topological polar surface area (TPSA) is 72.5 Å². The molecule has 0 radical (unpaired) electrons. The Morgan fingerprint density at radius 1 is 1.80 bits per heavy atom. The number of nitrogens with one attached hydrogen (secondary N) is 1. The summed E-state index contributed by atoms with van der Waals surface area (Å²) in [6, 6.07) is 0. The number of carbonyl (C=O) groups excluding carboxylic acids is 1. The fourth-order valence-electron chi connectivity index (χ4n) is 0.519. The van der Waals surface area contributed by atoms with Crippen molar-refractivity contribution in [1.29, 1.82) is 0 Å². The van der Waals surface area contributed by atoms with E-state index in [4.69, 9.17) is 1.41 Å². The molecule has 1 aliphatic heterocycles. The molecule has 6 heteroatoms. The summed E-state index contributed by atoms with van der Waals surface area (Å²) in [6.07, 6.45) is 0.925. The Hall–Kier alpha value is -1.04. The third-order valence-corrected chi connectivity index (χ3v) is 1.64. The van der Waals surface area contributed by atoms with Gasteiger partial charge in [-0.2, -0.15) is 8.42 Å². The summed E-state index contributed by atoms with van der Waals surface area (Å²) in [5.41, 5.74) is 0. The predicted octanol–water partition coefficient (Wildman–Crippen LogP) is -0.719. The Bertz CT molecular complexity index is 319. The molecule has 1 rings (SSSR count). The Balaban J connectivity index is 3.15. The fourth-order valence-corrected chi connectivity index (χ4v) is 1.21. The molecular weight excluding hydrogens is 158 g/mol. The van der Waals surface area contributed by atoms with Gasteiger partial charge in [0.05, 0.1) is 0 Å². The highest BCUT2D eigenvalue weighted by atomic mass is 32.2. The van der Waals surface area contributed by atoms with Crippen molar-refractivity contribution < 1.29 is 18.8 Å². The van der Waals surface area contributed by atoms with Crippen LogP contribution in [-0.2, 0) is 19.3 Å². The molecule has 1 N–H and O–H groups in total. The van der Waals surface area contributed by atoms with Crippen molar-refractivity contribution in [3.8, 4) is 0 Å². The normalized spacial score (nSPS) is 24.9. The summed E-state index contributed by atoms with van der Waals surface area (Å²) in [5, 5.41) is 0. The molecule has 0 aliphatic carbocycles. The number of allylic oxidation sites excluding steroid dienone is 1. The van der Waals surface area contributed by atoms with Crippen LogP contribution < -0.4 is 4.72 Å². The molecule has 0 aromatic heterocycles. The van der Waals surface area contributed by atoms with Gasteiger partial charge >= 0.3 is 10.3 Å². The molecule has 1 aliphatic rings. The third kappa shape index (κ3) is 1.47. The van der Waals surface area contributed by atoms with Crippen LogP contribution >= 0.6 is 0 Å². The Labute approximate surface area is 59.4 Å². The molecule has 1 amide bonds. The van der Waals surface area contributed by atoms with Crippen molar-refractivity contribution in [2.75, 3.05) is 0 Å². The van der Waals surface area contributed by atoms with Crippen molar-refractivity contribution in [2.45, 2.75) is 6.92 Å². The van der Waals surface area contributed by atoms with Gasteiger partial charge in [0.25, 0.3) is 5.91 Å². The lowest BCUT2D eigenvalue weighted by Gasteiger charge is -2.10. The maximum absolute atomic E-state index is 10.7. The molecule has 0 bridgehead atoms. The zero-order chi connectivity index (χ0) is 8.65. The van der Waals surface area contributed by atoms with E-state index in [1.807, 2.05) is 0 Å². The lowest BCUT2D eigenvalue weighted by Crippen LogP contribution is -2.34. The molecule has 0 unspecified atom stereocenters.